The third kappa shape index (κ3) is 4.98. The van der Waals surface area contributed by atoms with E-state index in [9.17, 15) is 4.79 Å². The van der Waals surface area contributed by atoms with Crippen LogP contribution in [0.2, 0.25) is 0 Å². The predicted molar refractivity (Wildman–Crippen MR) is 126 cm³/mol. The van der Waals surface area contributed by atoms with Crippen LogP contribution in [-0.2, 0) is 9.47 Å². The highest BCUT2D eigenvalue weighted by atomic mass is 32.1. The molecule has 0 aromatic carbocycles. The van der Waals surface area contributed by atoms with Crippen LogP contribution in [0.3, 0.4) is 0 Å². The molecule has 0 fully saturated rings. The lowest BCUT2D eigenvalue weighted by Gasteiger charge is -2.26. The summed E-state index contributed by atoms with van der Waals surface area (Å²) in [6.45, 7) is 4.23. The summed E-state index contributed by atoms with van der Waals surface area (Å²) >= 11 is 1.41. The van der Waals surface area contributed by atoms with Gasteiger partial charge in [0.25, 0.3) is 5.91 Å². The van der Waals surface area contributed by atoms with Gasteiger partial charge in [0.15, 0.2) is 5.13 Å². The Morgan fingerprint density at radius 2 is 2.19 bits per heavy atom. The Morgan fingerprint density at radius 3 is 2.88 bits per heavy atom. The van der Waals surface area contributed by atoms with Crippen molar-refractivity contribution in [3.05, 3.63) is 82.4 Å². The third-order valence-corrected chi connectivity index (χ3v) is 6.26. The first-order chi connectivity index (χ1) is 15.4. The Hall–Kier alpha value is -3.23. The highest BCUT2D eigenvalue weighted by molar-refractivity contribution is 7.14. The van der Waals surface area contributed by atoms with Crippen LogP contribution in [0.5, 0.6) is 0 Å². The number of nitrogens with zero attached hydrogens (tertiary/aromatic N) is 2. The van der Waals surface area contributed by atoms with Gasteiger partial charge in [-0.1, -0.05) is 18.6 Å². The SMILES string of the molecule is COC1C=CC(OC2=CC(C)C(c3csc(NC(=O)c4ccnc(N)c4)n3)C(C)=C2)=CC1. The van der Waals surface area contributed by atoms with Crippen molar-refractivity contribution in [1.29, 1.82) is 0 Å². The zero-order valence-corrected chi connectivity index (χ0v) is 19.1. The second-order valence-electron chi connectivity index (χ2n) is 7.87. The van der Waals surface area contributed by atoms with E-state index in [-0.39, 0.29) is 23.8 Å². The van der Waals surface area contributed by atoms with E-state index in [4.69, 9.17) is 15.2 Å². The van der Waals surface area contributed by atoms with E-state index in [0.717, 1.165) is 29.2 Å². The molecule has 1 amide bonds. The minimum absolute atomic E-state index is 0.110. The van der Waals surface area contributed by atoms with Crippen molar-refractivity contribution < 1.29 is 14.3 Å². The molecule has 0 bridgehead atoms. The molecule has 8 heteroatoms. The van der Waals surface area contributed by atoms with Gasteiger partial charge < -0.3 is 15.2 Å². The normalized spacial score (nSPS) is 22.6. The van der Waals surface area contributed by atoms with Gasteiger partial charge in [-0.15, -0.1) is 11.3 Å². The van der Waals surface area contributed by atoms with Crippen molar-refractivity contribution in [2.24, 2.45) is 5.92 Å². The predicted octanol–water partition coefficient (Wildman–Crippen LogP) is 4.81. The first-order valence-electron chi connectivity index (χ1n) is 10.4. The quantitative estimate of drug-likeness (QED) is 0.655. The number of nitrogens with two attached hydrogens (primary N) is 1. The number of ether oxygens (including phenoxy) is 2. The summed E-state index contributed by atoms with van der Waals surface area (Å²) < 4.78 is 11.4. The summed E-state index contributed by atoms with van der Waals surface area (Å²) in [6.07, 6.45) is 12.6. The Kier molecular flexibility index (Phi) is 6.53. The molecule has 0 spiro atoms. The Morgan fingerprint density at radius 1 is 1.34 bits per heavy atom. The minimum Gasteiger partial charge on any atom is -0.458 e. The van der Waals surface area contributed by atoms with Gasteiger partial charge in [-0.3, -0.25) is 10.1 Å². The minimum atomic E-state index is -0.260. The van der Waals surface area contributed by atoms with Crippen molar-refractivity contribution in [1.82, 2.24) is 9.97 Å². The van der Waals surface area contributed by atoms with E-state index in [1.807, 2.05) is 23.6 Å². The molecule has 4 rings (SSSR count). The van der Waals surface area contributed by atoms with Gasteiger partial charge in [0.1, 0.15) is 17.3 Å². The first-order valence-corrected chi connectivity index (χ1v) is 11.3. The maximum absolute atomic E-state index is 12.5. The second-order valence-corrected chi connectivity index (χ2v) is 8.73. The van der Waals surface area contributed by atoms with Gasteiger partial charge in [0.2, 0.25) is 0 Å². The van der Waals surface area contributed by atoms with Gasteiger partial charge in [0, 0.05) is 30.2 Å². The Balaban J connectivity index is 1.42. The molecular weight excluding hydrogens is 424 g/mol. The zero-order chi connectivity index (χ0) is 22.7. The zero-order valence-electron chi connectivity index (χ0n) is 18.2. The molecule has 2 heterocycles. The number of amides is 1. The van der Waals surface area contributed by atoms with Crippen LogP contribution in [-0.4, -0.2) is 29.1 Å². The number of hydrogen-bond acceptors (Lipinski definition) is 7. The fourth-order valence-electron chi connectivity index (χ4n) is 3.91. The summed E-state index contributed by atoms with van der Waals surface area (Å²) in [5, 5.41) is 5.39. The number of nitrogen functional groups attached to an aromatic ring is 1. The van der Waals surface area contributed by atoms with Gasteiger partial charge in [-0.25, -0.2) is 9.97 Å². The third-order valence-electron chi connectivity index (χ3n) is 5.48. The van der Waals surface area contributed by atoms with Crippen LogP contribution < -0.4 is 11.1 Å². The van der Waals surface area contributed by atoms with Crippen LogP contribution in [0.4, 0.5) is 10.9 Å². The highest BCUT2D eigenvalue weighted by Crippen LogP contribution is 2.39. The molecule has 2 aliphatic carbocycles. The lowest BCUT2D eigenvalue weighted by Crippen LogP contribution is -2.16. The lowest BCUT2D eigenvalue weighted by molar-refractivity contribution is 0.102. The Labute approximate surface area is 191 Å². The van der Waals surface area contributed by atoms with Crippen molar-refractivity contribution in [2.75, 3.05) is 18.2 Å². The summed E-state index contributed by atoms with van der Waals surface area (Å²) in [5.74, 6) is 2.02. The maximum atomic E-state index is 12.5. The average Bonchev–Trinajstić information content (AvgIpc) is 3.21. The number of methoxy groups -OCH3 is 1. The molecule has 0 radical (unpaired) electrons. The number of allylic oxidation sites excluding steroid dienone is 4. The number of rotatable bonds is 6. The highest BCUT2D eigenvalue weighted by Gasteiger charge is 2.27. The summed E-state index contributed by atoms with van der Waals surface area (Å²) in [4.78, 5) is 21.1. The van der Waals surface area contributed by atoms with Crippen LogP contribution in [0.15, 0.2) is 71.2 Å². The van der Waals surface area contributed by atoms with Crippen molar-refractivity contribution in [3.63, 3.8) is 0 Å². The molecule has 3 atom stereocenters. The van der Waals surface area contributed by atoms with E-state index >= 15 is 0 Å². The molecule has 2 aliphatic rings. The van der Waals surface area contributed by atoms with Crippen molar-refractivity contribution in [2.45, 2.75) is 32.3 Å². The van der Waals surface area contributed by atoms with Crippen LogP contribution >= 0.6 is 11.3 Å². The van der Waals surface area contributed by atoms with Crippen molar-refractivity contribution >= 4 is 28.2 Å². The number of carbonyl (C=O) groups is 1. The van der Waals surface area contributed by atoms with E-state index in [0.29, 0.717) is 16.5 Å². The van der Waals surface area contributed by atoms with Gasteiger partial charge in [0.05, 0.1) is 11.8 Å². The summed E-state index contributed by atoms with van der Waals surface area (Å²) in [5.41, 5.74) is 8.20. The fourth-order valence-corrected chi connectivity index (χ4v) is 4.65. The molecule has 7 nitrogen and oxygen atoms in total. The number of anilines is 2. The number of hydrogen-bond donors (Lipinski definition) is 2. The molecular formula is C24H26N4O3S. The van der Waals surface area contributed by atoms with Gasteiger partial charge >= 0.3 is 0 Å². The number of carbonyl (C=O) groups excluding carboxylic acids is 1. The lowest BCUT2D eigenvalue weighted by atomic mass is 9.81. The maximum Gasteiger partial charge on any atom is 0.257 e. The fraction of sp³-hybridized carbons (Fsp3) is 0.292. The van der Waals surface area contributed by atoms with Crippen LogP contribution in [0, 0.1) is 5.92 Å². The largest absolute Gasteiger partial charge is 0.458 e. The van der Waals surface area contributed by atoms with Gasteiger partial charge in [-0.2, -0.15) is 0 Å². The van der Waals surface area contributed by atoms with E-state index in [2.05, 4.69) is 41.3 Å². The Bertz CT molecular complexity index is 1130. The molecule has 0 saturated heterocycles. The summed E-state index contributed by atoms with van der Waals surface area (Å²) in [6, 6.07) is 3.16. The number of thiazole rings is 1. The van der Waals surface area contributed by atoms with E-state index < -0.39 is 0 Å². The summed E-state index contributed by atoms with van der Waals surface area (Å²) in [7, 11) is 1.70. The molecule has 0 aliphatic heterocycles. The smallest absolute Gasteiger partial charge is 0.257 e. The second kappa shape index (κ2) is 9.50. The molecule has 2 aromatic heterocycles. The number of nitrogens with one attached hydrogen (secondary N) is 1. The first kappa shape index (κ1) is 22.0. The van der Waals surface area contributed by atoms with Crippen molar-refractivity contribution in [3.8, 4) is 0 Å². The molecule has 3 unspecified atom stereocenters. The van der Waals surface area contributed by atoms with E-state index in [1.165, 1.54) is 17.5 Å². The molecule has 0 saturated carbocycles. The monoisotopic (exact) mass is 450 g/mol. The van der Waals surface area contributed by atoms with E-state index in [1.54, 1.807) is 19.2 Å². The molecule has 3 N–H and O–H groups in total. The average molecular weight is 451 g/mol. The molecule has 166 valence electrons. The standard InChI is InChI=1S/C24H26N4O3S/c1-14-10-19(31-18-6-4-17(30-3)5-7-18)11-15(2)22(14)20-13-32-24(27-20)28-23(29)16-8-9-26-21(25)12-16/h4,6-14,17,22H,5H2,1-3H3,(H2,25,26)(H,27,28,29). The number of pyridine rings is 1. The molecule has 32 heavy (non-hydrogen) atoms. The van der Waals surface area contributed by atoms with Gasteiger partial charge in [-0.05, 0) is 55.7 Å². The van der Waals surface area contributed by atoms with Crippen LogP contribution in [0.25, 0.3) is 0 Å². The van der Waals surface area contributed by atoms with Crippen LogP contribution in [0.1, 0.15) is 42.2 Å². The molecule has 2 aromatic rings. The topological polar surface area (TPSA) is 99.4 Å². The number of aromatic nitrogens is 2.